The van der Waals surface area contributed by atoms with E-state index in [1.807, 2.05) is 23.1 Å². The molecular formula is C13H19N5. The van der Waals surface area contributed by atoms with E-state index in [1.165, 1.54) is 5.56 Å². The fourth-order valence-electron chi connectivity index (χ4n) is 2.04. The molecule has 0 amide bonds. The predicted molar refractivity (Wildman–Crippen MR) is 70.7 cm³/mol. The number of aromatic nitrogens is 3. The van der Waals surface area contributed by atoms with E-state index in [0.29, 0.717) is 0 Å². The highest BCUT2D eigenvalue weighted by molar-refractivity contribution is 5.30. The Bertz CT molecular complexity index is 506. The normalized spacial score (nSPS) is 12.6. The maximum atomic E-state index is 5.68. The monoisotopic (exact) mass is 245 g/mol. The molecule has 18 heavy (non-hydrogen) atoms. The summed E-state index contributed by atoms with van der Waals surface area (Å²) >= 11 is 0. The number of nitrogens with zero attached hydrogens (tertiary/aromatic N) is 3. The van der Waals surface area contributed by atoms with Crippen molar-refractivity contribution < 1.29 is 0 Å². The van der Waals surface area contributed by atoms with E-state index in [9.17, 15) is 0 Å². The van der Waals surface area contributed by atoms with Gasteiger partial charge in [0.2, 0.25) is 0 Å². The summed E-state index contributed by atoms with van der Waals surface area (Å²) in [5.74, 6) is 5.68. The van der Waals surface area contributed by atoms with Crippen LogP contribution in [0.4, 0.5) is 0 Å². The van der Waals surface area contributed by atoms with Gasteiger partial charge in [-0.15, -0.1) is 0 Å². The second kappa shape index (κ2) is 5.75. The van der Waals surface area contributed by atoms with Crippen molar-refractivity contribution in [2.24, 2.45) is 5.84 Å². The molecule has 2 rings (SSSR count). The molecular weight excluding hydrogens is 226 g/mol. The van der Waals surface area contributed by atoms with Gasteiger partial charge in [0.05, 0.1) is 17.9 Å². The maximum absolute atomic E-state index is 5.68. The number of rotatable bonds is 5. The van der Waals surface area contributed by atoms with Gasteiger partial charge in [-0.25, -0.2) is 5.43 Å². The Hall–Kier alpha value is -1.72. The van der Waals surface area contributed by atoms with Crippen molar-refractivity contribution >= 4 is 0 Å². The van der Waals surface area contributed by atoms with Gasteiger partial charge in [0, 0.05) is 24.5 Å². The second-order valence-electron chi connectivity index (χ2n) is 4.13. The van der Waals surface area contributed by atoms with Crippen LogP contribution in [0.1, 0.15) is 36.7 Å². The number of hydrazine groups is 1. The van der Waals surface area contributed by atoms with Crippen molar-refractivity contribution in [2.45, 2.75) is 32.9 Å². The minimum atomic E-state index is -0.110. The highest BCUT2D eigenvalue weighted by Crippen LogP contribution is 2.22. The van der Waals surface area contributed by atoms with E-state index < -0.39 is 0 Å². The Balaban J connectivity index is 2.38. The zero-order valence-corrected chi connectivity index (χ0v) is 10.8. The van der Waals surface area contributed by atoms with Crippen molar-refractivity contribution in [3.8, 4) is 0 Å². The quantitative estimate of drug-likeness (QED) is 0.617. The van der Waals surface area contributed by atoms with Gasteiger partial charge in [-0.2, -0.15) is 5.10 Å². The third-order valence-corrected chi connectivity index (χ3v) is 3.06. The van der Waals surface area contributed by atoms with Crippen molar-refractivity contribution in [3.63, 3.8) is 0 Å². The smallest absolute Gasteiger partial charge is 0.0914 e. The van der Waals surface area contributed by atoms with Crippen LogP contribution in [0.15, 0.2) is 30.7 Å². The average molecular weight is 245 g/mol. The molecule has 0 radical (unpaired) electrons. The zero-order chi connectivity index (χ0) is 13.0. The standard InChI is InChI=1S/C13H19N5/c1-3-10-6-5-7-15-12(10)13(17-14)11-8-16-18(4-2)9-11/h5-9,13,17H,3-4,14H2,1-2H3. The minimum absolute atomic E-state index is 0.110. The first-order chi connectivity index (χ1) is 8.80. The van der Waals surface area contributed by atoms with Gasteiger partial charge >= 0.3 is 0 Å². The molecule has 0 aliphatic heterocycles. The van der Waals surface area contributed by atoms with Gasteiger partial charge in [-0.3, -0.25) is 15.5 Å². The SMILES string of the molecule is CCc1cccnc1C(NN)c1cnn(CC)c1. The largest absolute Gasteiger partial charge is 0.273 e. The molecule has 5 nitrogen and oxygen atoms in total. The molecule has 0 saturated heterocycles. The van der Waals surface area contributed by atoms with Gasteiger partial charge < -0.3 is 0 Å². The summed E-state index contributed by atoms with van der Waals surface area (Å²) in [6, 6.07) is 3.92. The zero-order valence-electron chi connectivity index (χ0n) is 10.8. The van der Waals surface area contributed by atoms with Gasteiger partial charge in [0.25, 0.3) is 0 Å². The number of hydrogen-bond acceptors (Lipinski definition) is 4. The van der Waals surface area contributed by atoms with Gasteiger partial charge in [-0.05, 0) is 25.0 Å². The molecule has 0 bridgehead atoms. The first-order valence-corrected chi connectivity index (χ1v) is 6.22. The number of nitrogens with two attached hydrogens (primary N) is 1. The van der Waals surface area contributed by atoms with Crippen LogP contribution < -0.4 is 11.3 Å². The molecule has 0 aromatic carbocycles. The van der Waals surface area contributed by atoms with Crippen molar-refractivity contribution in [2.75, 3.05) is 0 Å². The van der Waals surface area contributed by atoms with Crippen molar-refractivity contribution in [1.82, 2.24) is 20.2 Å². The van der Waals surface area contributed by atoms with Crippen LogP contribution in [0.2, 0.25) is 0 Å². The molecule has 2 aromatic heterocycles. The van der Waals surface area contributed by atoms with E-state index in [-0.39, 0.29) is 6.04 Å². The first-order valence-electron chi connectivity index (χ1n) is 6.22. The number of pyridine rings is 1. The molecule has 0 spiro atoms. The summed E-state index contributed by atoms with van der Waals surface area (Å²) in [6.45, 7) is 5.02. The van der Waals surface area contributed by atoms with Crippen LogP contribution in [0, 0.1) is 0 Å². The summed E-state index contributed by atoms with van der Waals surface area (Å²) < 4.78 is 1.88. The average Bonchev–Trinajstić information content (AvgIpc) is 2.89. The van der Waals surface area contributed by atoms with E-state index in [4.69, 9.17) is 5.84 Å². The third kappa shape index (κ3) is 2.42. The Morgan fingerprint density at radius 1 is 1.44 bits per heavy atom. The van der Waals surface area contributed by atoms with Crippen LogP contribution in [-0.2, 0) is 13.0 Å². The number of aryl methyl sites for hydroxylation is 2. The highest BCUT2D eigenvalue weighted by Gasteiger charge is 2.18. The lowest BCUT2D eigenvalue weighted by molar-refractivity contribution is 0.610. The minimum Gasteiger partial charge on any atom is -0.273 e. The summed E-state index contributed by atoms with van der Waals surface area (Å²) in [6.07, 6.45) is 6.56. The van der Waals surface area contributed by atoms with Crippen LogP contribution in [-0.4, -0.2) is 14.8 Å². The fraction of sp³-hybridized carbons (Fsp3) is 0.385. The summed E-state index contributed by atoms with van der Waals surface area (Å²) in [4.78, 5) is 4.45. The van der Waals surface area contributed by atoms with Gasteiger partial charge in [-0.1, -0.05) is 13.0 Å². The lowest BCUT2D eigenvalue weighted by Crippen LogP contribution is -2.30. The van der Waals surface area contributed by atoms with E-state index in [2.05, 4.69) is 35.4 Å². The Kier molecular flexibility index (Phi) is 4.07. The van der Waals surface area contributed by atoms with E-state index in [0.717, 1.165) is 24.2 Å². The number of nitrogens with one attached hydrogen (secondary N) is 1. The van der Waals surface area contributed by atoms with Crippen molar-refractivity contribution in [3.05, 3.63) is 47.5 Å². The molecule has 5 heteroatoms. The molecule has 0 fully saturated rings. The van der Waals surface area contributed by atoms with E-state index >= 15 is 0 Å². The molecule has 1 atom stereocenters. The van der Waals surface area contributed by atoms with E-state index in [1.54, 1.807) is 6.20 Å². The van der Waals surface area contributed by atoms with Crippen LogP contribution in [0.3, 0.4) is 0 Å². The topological polar surface area (TPSA) is 68.8 Å². The third-order valence-electron chi connectivity index (χ3n) is 3.06. The fourth-order valence-corrected chi connectivity index (χ4v) is 2.04. The highest BCUT2D eigenvalue weighted by atomic mass is 15.3. The molecule has 2 aromatic rings. The predicted octanol–water partition coefficient (Wildman–Crippen LogP) is 1.41. The van der Waals surface area contributed by atoms with Crippen LogP contribution in [0.25, 0.3) is 0 Å². The van der Waals surface area contributed by atoms with Crippen molar-refractivity contribution in [1.29, 1.82) is 0 Å². The lowest BCUT2D eigenvalue weighted by atomic mass is 10.0. The van der Waals surface area contributed by atoms with Crippen LogP contribution >= 0.6 is 0 Å². The van der Waals surface area contributed by atoms with Gasteiger partial charge in [0.15, 0.2) is 0 Å². The molecule has 3 N–H and O–H groups in total. The molecule has 0 aliphatic rings. The first kappa shape index (κ1) is 12.7. The second-order valence-corrected chi connectivity index (χ2v) is 4.13. The van der Waals surface area contributed by atoms with Crippen LogP contribution in [0.5, 0.6) is 0 Å². The molecule has 96 valence electrons. The Morgan fingerprint density at radius 2 is 2.28 bits per heavy atom. The summed E-state index contributed by atoms with van der Waals surface area (Å²) in [5, 5.41) is 4.28. The Morgan fingerprint density at radius 3 is 2.89 bits per heavy atom. The maximum Gasteiger partial charge on any atom is 0.0914 e. The lowest BCUT2D eigenvalue weighted by Gasteiger charge is -2.16. The molecule has 2 heterocycles. The molecule has 0 aliphatic carbocycles. The summed E-state index contributed by atoms with van der Waals surface area (Å²) in [7, 11) is 0. The summed E-state index contributed by atoms with van der Waals surface area (Å²) in [5.41, 5.74) is 6.04. The molecule has 1 unspecified atom stereocenters. The number of hydrogen-bond donors (Lipinski definition) is 2. The Labute approximate surface area is 107 Å². The molecule has 0 saturated carbocycles. The van der Waals surface area contributed by atoms with Gasteiger partial charge in [0.1, 0.15) is 0 Å².